The van der Waals surface area contributed by atoms with Crippen LogP contribution in [0.2, 0.25) is 0 Å². The molecule has 2 rings (SSSR count). The second-order valence-electron chi connectivity index (χ2n) is 4.40. The van der Waals surface area contributed by atoms with Gasteiger partial charge in [-0.2, -0.15) is 0 Å². The van der Waals surface area contributed by atoms with Gasteiger partial charge >= 0.3 is 0 Å². The molecule has 17 heavy (non-hydrogen) atoms. The summed E-state index contributed by atoms with van der Waals surface area (Å²) in [7, 11) is 1.83. The predicted molar refractivity (Wildman–Crippen MR) is 66.8 cm³/mol. The van der Waals surface area contributed by atoms with Crippen molar-refractivity contribution >= 4 is 5.69 Å². The molecule has 0 aromatic heterocycles. The second-order valence-corrected chi connectivity index (χ2v) is 4.40. The van der Waals surface area contributed by atoms with Crippen molar-refractivity contribution in [2.24, 2.45) is 0 Å². The Morgan fingerprint density at radius 2 is 2.35 bits per heavy atom. The fraction of sp³-hybridized carbons (Fsp3) is 0.538. The maximum atomic E-state index is 13.8. The zero-order valence-corrected chi connectivity index (χ0v) is 10.4. The monoisotopic (exact) mass is 238 g/mol. The summed E-state index contributed by atoms with van der Waals surface area (Å²) in [6, 6.07) is 5.26. The van der Waals surface area contributed by atoms with E-state index in [9.17, 15) is 4.39 Å². The van der Waals surface area contributed by atoms with Gasteiger partial charge in [0.25, 0.3) is 0 Å². The molecule has 3 nitrogen and oxygen atoms in total. The van der Waals surface area contributed by atoms with Crippen molar-refractivity contribution in [2.45, 2.75) is 19.6 Å². The number of rotatable bonds is 3. The lowest BCUT2D eigenvalue weighted by Gasteiger charge is -2.34. The van der Waals surface area contributed by atoms with E-state index >= 15 is 0 Å². The van der Waals surface area contributed by atoms with Crippen LogP contribution in [-0.2, 0) is 11.3 Å². The van der Waals surface area contributed by atoms with Gasteiger partial charge < -0.3 is 15.0 Å². The summed E-state index contributed by atoms with van der Waals surface area (Å²) in [6.45, 7) is 4.94. The van der Waals surface area contributed by atoms with Crippen LogP contribution in [0.5, 0.6) is 0 Å². The van der Waals surface area contributed by atoms with Crippen LogP contribution in [0.15, 0.2) is 18.2 Å². The molecule has 0 amide bonds. The number of benzene rings is 1. The van der Waals surface area contributed by atoms with Gasteiger partial charge in [-0.1, -0.05) is 6.07 Å². The molecule has 0 spiro atoms. The van der Waals surface area contributed by atoms with E-state index in [-0.39, 0.29) is 11.9 Å². The van der Waals surface area contributed by atoms with Crippen LogP contribution in [0, 0.1) is 5.82 Å². The van der Waals surface area contributed by atoms with E-state index < -0.39 is 0 Å². The second kappa shape index (κ2) is 5.47. The first-order valence-corrected chi connectivity index (χ1v) is 6.01. The average Bonchev–Trinajstić information content (AvgIpc) is 2.32. The minimum Gasteiger partial charge on any atom is -0.375 e. The zero-order valence-electron chi connectivity index (χ0n) is 10.4. The van der Waals surface area contributed by atoms with Gasteiger partial charge in [-0.15, -0.1) is 0 Å². The molecule has 4 heteroatoms. The number of halogens is 1. The van der Waals surface area contributed by atoms with E-state index in [1.165, 1.54) is 6.07 Å². The summed E-state index contributed by atoms with van der Waals surface area (Å²) in [4.78, 5) is 2.20. The van der Waals surface area contributed by atoms with Gasteiger partial charge in [-0.3, -0.25) is 0 Å². The molecule has 0 bridgehead atoms. The smallest absolute Gasteiger partial charge is 0.129 e. The van der Waals surface area contributed by atoms with E-state index in [1.54, 1.807) is 6.07 Å². The summed E-state index contributed by atoms with van der Waals surface area (Å²) >= 11 is 0. The molecule has 1 aliphatic rings. The maximum Gasteiger partial charge on any atom is 0.129 e. The lowest BCUT2D eigenvalue weighted by molar-refractivity contribution is 0.0531. The number of hydrogen-bond acceptors (Lipinski definition) is 3. The molecule has 1 aromatic rings. The van der Waals surface area contributed by atoms with Crippen LogP contribution in [-0.4, -0.2) is 32.8 Å². The molecular formula is C13H19FN2O. The van der Waals surface area contributed by atoms with Crippen LogP contribution < -0.4 is 10.2 Å². The van der Waals surface area contributed by atoms with Crippen LogP contribution in [0.3, 0.4) is 0 Å². The van der Waals surface area contributed by atoms with Crippen molar-refractivity contribution in [3.05, 3.63) is 29.6 Å². The van der Waals surface area contributed by atoms with E-state index in [1.807, 2.05) is 20.0 Å². The highest BCUT2D eigenvalue weighted by Gasteiger charge is 2.20. The van der Waals surface area contributed by atoms with Crippen LogP contribution >= 0.6 is 0 Å². The Balaban J connectivity index is 2.27. The third-order valence-electron chi connectivity index (χ3n) is 3.03. The van der Waals surface area contributed by atoms with Crippen LogP contribution in [0.25, 0.3) is 0 Å². The molecule has 1 atom stereocenters. The Kier molecular flexibility index (Phi) is 3.97. The molecule has 1 saturated heterocycles. The normalized spacial score (nSPS) is 20.6. The number of hydrogen-bond donors (Lipinski definition) is 1. The standard InChI is InChI=1S/C13H19FN2O/c1-10-9-16(6-7-17-10)13-5-3-4-12(14)11(13)8-15-2/h3-5,10,15H,6-9H2,1-2H3. The summed E-state index contributed by atoms with van der Waals surface area (Å²) in [6.07, 6.45) is 0.203. The molecule has 0 aliphatic carbocycles. The van der Waals surface area contributed by atoms with Gasteiger partial charge in [0, 0.05) is 30.9 Å². The fourth-order valence-electron chi connectivity index (χ4n) is 2.23. The Labute approximate surface area is 102 Å². The number of morpholine rings is 1. The molecule has 1 N–H and O–H groups in total. The molecule has 0 saturated carbocycles. The van der Waals surface area contributed by atoms with Crippen molar-refractivity contribution in [2.75, 3.05) is 31.6 Å². The van der Waals surface area contributed by atoms with Crippen molar-refractivity contribution in [1.82, 2.24) is 5.32 Å². The van der Waals surface area contributed by atoms with Gasteiger partial charge in [-0.05, 0) is 26.1 Å². The third-order valence-corrected chi connectivity index (χ3v) is 3.03. The van der Waals surface area contributed by atoms with Crippen molar-refractivity contribution in [3.63, 3.8) is 0 Å². The molecule has 94 valence electrons. The van der Waals surface area contributed by atoms with Crippen molar-refractivity contribution in [1.29, 1.82) is 0 Å². The molecule has 0 radical (unpaired) electrons. The molecule has 1 aliphatic heterocycles. The Morgan fingerprint density at radius 3 is 3.06 bits per heavy atom. The quantitative estimate of drug-likeness (QED) is 0.868. The molecule has 1 unspecified atom stereocenters. The number of nitrogens with one attached hydrogen (secondary N) is 1. The Morgan fingerprint density at radius 1 is 1.53 bits per heavy atom. The van der Waals surface area contributed by atoms with E-state index in [0.29, 0.717) is 13.2 Å². The highest BCUT2D eigenvalue weighted by Crippen LogP contribution is 2.25. The summed E-state index contributed by atoms with van der Waals surface area (Å²) in [5.74, 6) is -0.143. The number of nitrogens with zero attached hydrogens (tertiary/aromatic N) is 1. The van der Waals surface area contributed by atoms with Crippen molar-refractivity contribution < 1.29 is 9.13 Å². The van der Waals surface area contributed by atoms with Crippen LogP contribution in [0.1, 0.15) is 12.5 Å². The maximum absolute atomic E-state index is 13.8. The molecule has 1 heterocycles. The van der Waals surface area contributed by atoms with Gasteiger partial charge in [0.15, 0.2) is 0 Å². The van der Waals surface area contributed by atoms with Gasteiger partial charge in [-0.25, -0.2) is 4.39 Å². The number of anilines is 1. The summed E-state index contributed by atoms with van der Waals surface area (Å²) in [5.41, 5.74) is 1.72. The first kappa shape index (κ1) is 12.3. The van der Waals surface area contributed by atoms with Crippen molar-refractivity contribution in [3.8, 4) is 0 Å². The Bertz CT molecular complexity index is 384. The third kappa shape index (κ3) is 2.76. The first-order chi connectivity index (χ1) is 8.22. The lowest BCUT2D eigenvalue weighted by atomic mass is 10.1. The van der Waals surface area contributed by atoms with Gasteiger partial charge in [0.05, 0.1) is 12.7 Å². The summed E-state index contributed by atoms with van der Waals surface area (Å²) < 4.78 is 19.3. The fourth-order valence-corrected chi connectivity index (χ4v) is 2.23. The van der Waals surface area contributed by atoms with E-state index in [4.69, 9.17) is 4.74 Å². The SMILES string of the molecule is CNCc1c(F)cccc1N1CCOC(C)C1. The van der Waals surface area contributed by atoms with Crippen LogP contribution in [0.4, 0.5) is 10.1 Å². The van der Waals surface area contributed by atoms with Gasteiger partial charge in [0.1, 0.15) is 5.82 Å². The Hall–Kier alpha value is -1.13. The first-order valence-electron chi connectivity index (χ1n) is 6.01. The van der Waals surface area contributed by atoms with E-state index in [2.05, 4.69) is 10.2 Å². The van der Waals surface area contributed by atoms with Gasteiger partial charge in [0.2, 0.25) is 0 Å². The van der Waals surface area contributed by atoms with E-state index in [0.717, 1.165) is 24.3 Å². The minimum atomic E-state index is -0.143. The minimum absolute atomic E-state index is 0.143. The molecule has 1 aromatic carbocycles. The molecular weight excluding hydrogens is 219 g/mol. The number of ether oxygens (including phenoxy) is 1. The average molecular weight is 238 g/mol. The topological polar surface area (TPSA) is 24.5 Å². The zero-order chi connectivity index (χ0) is 12.3. The highest BCUT2D eigenvalue weighted by molar-refractivity contribution is 5.54. The highest BCUT2D eigenvalue weighted by atomic mass is 19.1. The summed E-state index contributed by atoms with van der Waals surface area (Å²) in [5, 5.41) is 3.02. The molecule has 1 fully saturated rings. The predicted octanol–water partition coefficient (Wildman–Crippen LogP) is 1.77. The lowest BCUT2D eigenvalue weighted by Crippen LogP contribution is -2.41. The largest absolute Gasteiger partial charge is 0.375 e.